The van der Waals surface area contributed by atoms with Gasteiger partial charge in [0.05, 0.1) is 6.61 Å². The predicted octanol–water partition coefficient (Wildman–Crippen LogP) is 0.689. The highest BCUT2D eigenvalue weighted by atomic mass is 32.2. The number of alkyl halides is 7. The van der Waals surface area contributed by atoms with Gasteiger partial charge in [-0.25, -0.2) is 13.1 Å². The molecule has 0 unspecified atom stereocenters. The monoisotopic (exact) mass is 293 g/mol. The zero-order chi connectivity index (χ0) is 14.1. The molecule has 0 saturated carbocycles. The smallest absolute Gasteiger partial charge is 0.395 e. The Hall–Kier alpha value is -0.620. The summed E-state index contributed by atoms with van der Waals surface area (Å²) in [5.41, 5.74) is 0. The number of nitrogens with one attached hydrogen (secondary N) is 1. The first kappa shape index (κ1) is 16.4. The maximum atomic E-state index is 12.6. The summed E-state index contributed by atoms with van der Waals surface area (Å²) in [5.74, 6) is -6.75. The van der Waals surface area contributed by atoms with Crippen molar-refractivity contribution in [3.63, 3.8) is 0 Å². The molecule has 0 heterocycles. The lowest BCUT2D eigenvalue weighted by Crippen LogP contribution is -2.59. The van der Waals surface area contributed by atoms with Crippen LogP contribution in [0.2, 0.25) is 0 Å². The number of aliphatic hydroxyl groups is 1. The van der Waals surface area contributed by atoms with Crippen molar-refractivity contribution in [3.05, 3.63) is 0 Å². The van der Waals surface area contributed by atoms with Crippen molar-refractivity contribution in [2.45, 2.75) is 17.4 Å². The molecule has 0 rings (SSSR count). The van der Waals surface area contributed by atoms with Crippen molar-refractivity contribution < 1.29 is 44.3 Å². The normalized spacial score (nSPS) is 15.1. The van der Waals surface area contributed by atoms with E-state index in [0.29, 0.717) is 0 Å². The van der Waals surface area contributed by atoms with Gasteiger partial charge < -0.3 is 5.11 Å². The van der Waals surface area contributed by atoms with E-state index in [1.165, 1.54) is 0 Å². The van der Waals surface area contributed by atoms with Crippen LogP contribution in [0, 0.1) is 0 Å². The van der Waals surface area contributed by atoms with Crippen molar-refractivity contribution in [3.8, 4) is 0 Å². The number of rotatable bonds is 5. The van der Waals surface area contributed by atoms with Gasteiger partial charge in [0.1, 0.15) is 0 Å². The summed E-state index contributed by atoms with van der Waals surface area (Å²) >= 11 is 0. The van der Waals surface area contributed by atoms with Gasteiger partial charge in [0.2, 0.25) is 0 Å². The van der Waals surface area contributed by atoms with Gasteiger partial charge in [0.25, 0.3) is 10.0 Å². The molecule has 0 atom stereocenters. The maximum Gasteiger partial charge on any atom is 0.461 e. The summed E-state index contributed by atoms with van der Waals surface area (Å²) in [6.07, 6.45) is -6.73. The third-order valence-electron chi connectivity index (χ3n) is 1.46. The van der Waals surface area contributed by atoms with E-state index in [4.69, 9.17) is 5.11 Å². The average molecular weight is 293 g/mol. The molecule has 17 heavy (non-hydrogen) atoms. The van der Waals surface area contributed by atoms with Crippen LogP contribution in [0.3, 0.4) is 0 Å². The van der Waals surface area contributed by atoms with E-state index >= 15 is 0 Å². The van der Waals surface area contributed by atoms with Crippen LogP contribution in [-0.4, -0.2) is 44.0 Å². The van der Waals surface area contributed by atoms with Crippen LogP contribution in [0.4, 0.5) is 30.7 Å². The topological polar surface area (TPSA) is 66.4 Å². The van der Waals surface area contributed by atoms with Crippen LogP contribution < -0.4 is 4.72 Å². The predicted molar refractivity (Wildman–Crippen MR) is 40.0 cm³/mol. The molecular formula is C5H6F7NO3S. The van der Waals surface area contributed by atoms with Gasteiger partial charge >= 0.3 is 17.4 Å². The van der Waals surface area contributed by atoms with E-state index in [9.17, 15) is 39.2 Å². The molecule has 0 aliphatic carbocycles. The van der Waals surface area contributed by atoms with Crippen LogP contribution in [0.5, 0.6) is 0 Å². The number of halogens is 7. The molecule has 104 valence electrons. The molecule has 2 N–H and O–H groups in total. The summed E-state index contributed by atoms with van der Waals surface area (Å²) in [6, 6.07) is 0. The van der Waals surface area contributed by atoms with Gasteiger partial charge in [-0.1, -0.05) is 0 Å². The Kier molecular flexibility index (Phi) is 4.40. The molecule has 0 amide bonds. The third-order valence-corrected chi connectivity index (χ3v) is 2.98. The molecular weight excluding hydrogens is 287 g/mol. The van der Waals surface area contributed by atoms with E-state index in [1.54, 1.807) is 0 Å². The number of aliphatic hydroxyl groups excluding tert-OH is 1. The average Bonchev–Trinajstić information content (AvgIpc) is 2.12. The van der Waals surface area contributed by atoms with Crippen molar-refractivity contribution >= 4 is 10.0 Å². The van der Waals surface area contributed by atoms with Crippen molar-refractivity contribution in [1.29, 1.82) is 0 Å². The minimum Gasteiger partial charge on any atom is -0.395 e. The van der Waals surface area contributed by atoms with Crippen LogP contribution in [0.1, 0.15) is 0 Å². The van der Waals surface area contributed by atoms with E-state index in [1.807, 2.05) is 0 Å². The van der Waals surface area contributed by atoms with Gasteiger partial charge in [0.15, 0.2) is 0 Å². The Morgan fingerprint density at radius 2 is 1.41 bits per heavy atom. The molecule has 0 aromatic rings. The largest absolute Gasteiger partial charge is 0.461 e. The summed E-state index contributed by atoms with van der Waals surface area (Å²) in [7, 11) is -6.28. The molecule has 0 aliphatic heterocycles. The highest BCUT2D eigenvalue weighted by Gasteiger charge is 2.78. The van der Waals surface area contributed by atoms with E-state index in [-0.39, 0.29) is 0 Å². The maximum absolute atomic E-state index is 12.6. The minimum absolute atomic E-state index is 0.719. The third kappa shape index (κ3) is 2.80. The number of hydrogen-bond acceptors (Lipinski definition) is 3. The second-order valence-electron chi connectivity index (χ2n) is 2.71. The number of sulfonamides is 1. The lowest BCUT2D eigenvalue weighted by Gasteiger charge is -2.27. The van der Waals surface area contributed by atoms with E-state index < -0.39 is 40.5 Å². The summed E-state index contributed by atoms with van der Waals surface area (Å²) < 4.78 is 106. The highest BCUT2D eigenvalue weighted by Crippen LogP contribution is 2.48. The molecule has 12 heteroatoms. The molecule has 0 radical (unpaired) electrons. The summed E-state index contributed by atoms with van der Waals surface area (Å²) in [5, 5.41) is 1.69. The van der Waals surface area contributed by atoms with Crippen molar-refractivity contribution in [2.24, 2.45) is 0 Å². The van der Waals surface area contributed by atoms with Crippen LogP contribution in [0.15, 0.2) is 0 Å². The first-order valence-corrected chi connectivity index (χ1v) is 5.22. The van der Waals surface area contributed by atoms with Gasteiger partial charge in [-0.2, -0.15) is 30.7 Å². The zero-order valence-corrected chi connectivity index (χ0v) is 8.55. The van der Waals surface area contributed by atoms with Crippen molar-refractivity contribution in [2.75, 3.05) is 13.2 Å². The first-order valence-electron chi connectivity index (χ1n) is 3.73. The molecule has 0 saturated heterocycles. The summed E-state index contributed by atoms with van der Waals surface area (Å²) in [4.78, 5) is 0. The Morgan fingerprint density at radius 3 is 1.71 bits per heavy atom. The number of hydrogen-bond donors (Lipinski definition) is 2. The molecule has 0 bridgehead atoms. The highest BCUT2D eigenvalue weighted by molar-refractivity contribution is 7.90. The molecule has 4 nitrogen and oxygen atoms in total. The molecule has 0 aromatic carbocycles. The first-order chi connectivity index (χ1) is 7.31. The Morgan fingerprint density at radius 1 is 1.00 bits per heavy atom. The minimum atomic E-state index is -6.75. The van der Waals surface area contributed by atoms with Gasteiger partial charge in [0, 0.05) is 6.54 Å². The fourth-order valence-corrected chi connectivity index (χ4v) is 1.60. The van der Waals surface area contributed by atoms with Gasteiger partial charge in [-0.15, -0.1) is 0 Å². The quantitative estimate of drug-likeness (QED) is 0.733. The van der Waals surface area contributed by atoms with Gasteiger partial charge in [-0.3, -0.25) is 0 Å². The summed E-state index contributed by atoms with van der Waals surface area (Å²) in [6.45, 7) is -2.17. The molecule has 0 spiro atoms. The second kappa shape index (κ2) is 4.57. The standard InChI is InChI=1S/C5H6F7NO3S/c6-3(7,4(8,9)10)5(11,12)17(15,16)13-1-2-14/h13-14H,1-2H2. The lowest BCUT2D eigenvalue weighted by atomic mass is 10.3. The van der Waals surface area contributed by atoms with E-state index in [0.717, 1.165) is 4.72 Å². The van der Waals surface area contributed by atoms with E-state index in [2.05, 4.69) is 0 Å². The zero-order valence-electron chi connectivity index (χ0n) is 7.73. The van der Waals surface area contributed by atoms with Crippen molar-refractivity contribution in [1.82, 2.24) is 4.72 Å². The van der Waals surface area contributed by atoms with Crippen LogP contribution in [-0.2, 0) is 10.0 Å². The van der Waals surface area contributed by atoms with Crippen LogP contribution >= 0.6 is 0 Å². The van der Waals surface area contributed by atoms with Crippen LogP contribution in [0.25, 0.3) is 0 Å². The molecule has 0 aliphatic rings. The van der Waals surface area contributed by atoms with Gasteiger partial charge in [-0.05, 0) is 0 Å². The SMILES string of the molecule is O=S(=O)(NCCO)C(F)(F)C(F)(F)C(F)(F)F. The lowest BCUT2D eigenvalue weighted by molar-refractivity contribution is -0.332. The Labute approximate surface area is 90.5 Å². The fraction of sp³-hybridized carbons (Fsp3) is 1.00. The molecule has 0 aromatic heterocycles. The fourth-order valence-electron chi connectivity index (χ4n) is 0.604. The Bertz CT molecular complexity index is 362. The Balaban J connectivity index is 5.41. The molecule has 0 fully saturated rings. The second-order valence-corrected chi connectivity index (χ2v) is 4.52.